The third-order valence-electron chi connectivity index (χ3n) is 8.22. The molecule has 7 nitrogen and oxygen atoms in total. The molecule has 0 unspecified atom stereocenters. The Labute approximate surface area is 250 Å². The minimum Gasteiger partial charge on any atom is -0.444 e. The second kappa shape index (κ2) is 14.9. The van der Waals surface area contributed by atoms with Crippen molar-refractivity contribution in [3.8, 4) is 0 Å². The molecule has 3 aliphatic rings. The number of amides is 2. The van der Waals surface area contributed by atoms with Gasteiger partial charge in [-0.15, -0.1) is 11.8 Å². The van der Waals surface area contributed by atoms with Gasteiger partial charge in [-0.2, -0.15) is 0 Å². The molecule has 2 amide bonds. The van der Waals surface area contributed by atoms with Crippen molar-refractivity contribution in [3.63, 3.8) is 0 Å². The van der Waals surface area contributed by atoms with Gasteiger partial charge < -0.3 is 15.4 Å². The molecule has 1 saturated carbocycles. The molecule has 0 aromatic heterocycles. The van der Waals surface area contributed by atoms with Gasteiger partial charge >= 0.3 is 6.09 Å². The number of carbonyl (C=O) groups excluding carboxylic acids is 2. The summed E-state index contributed by atoms with van der Waals surface area (Å²) in [5.74, 6) is 1.61. The van der Waals surface area contributed by atoms with Crippen molar-refractivity contribution in [2.24, 2.45) is 5.92 Å². The maximum Gasteiger partial charge on any atom is 0.411 e. The predicted molar refractivity (Wildman–Crippen MR) is 167 cm³/mol. The van der Waals surface area contributed by atoms with Crippen LogP contribution in [0.15, 0.2) is 30.3 Å². The van der Waals surface area contributed by atoms with Crippen LogP contribution in [-0.4, -0.2) is 75.2 Å². The van der Waals surface area contributed by atoms with Gasteiger partial charge in [-0.3, -0.25) is 14.6 Å². The molecule has 4 rings (SSSR count). The highest BCUT2D eigenvalue weighted by Gasteiger charge is 2.38. The molecule has 2 saturated heterocycles. The first-order valence-corrected chi connectivity index (χ1v) is 16.7. The fourth-order valence-electron chi connectivity index (χ4n) is 5.95. The van der Waals surface area contributed by atoms with Crippen LogP contribution in [0.1, 0.15) is 84.1 Å². The zero-order chi connectivity index (χ0) is 28.5. The summed E-state index contributed by atoms with van der Waals surface area (Å²) in [5, 5.41) is 6.89. The first kappa shape index (κ1) is 31.1. The van der Waals surface area contributed by atoms with Crippen LogP contribution >= 0.6 is 24.0 Å². The Bertz CT molecular complexity index is 973. The number of hydrogen-bond acceptors (Lipinski definition) is 6. The molecule has 2 aliphatic heterocycles. The van der Waals surface area contributed by atoms with Crippen LogP contribution in [0.2, 0.25) is 0 Å². The molecule has 1 aromatic rings. The summed E-state index contributed by atoms with van der Waals surface area (Å²) in [7, 11) is 0. The zero-order valence-corrected chi connectivity index (χ0v) is 26.2. The molecular weight excluding hydrogens is 541 g/mol. The number of thiocarbonyl (C=S) groups is 1. The second-order valence-corrected chi connectivity index (χ2v) is 14.1. The van der Waals surface area contributed by atoms with E-state index in [0.29, 0.717) is 23.6 Å². The van der Waals surface area contributed by atoms with Crippen molar-refractivity contribution in [1.29, 1.82) is 0 Å². The van der Waals surface area contributed by atoms with Gasteiger partial charge in [-0.1, -0.05) is 74.7 Å². The van der Waals surface area contributed by atoms with E-state index in [-0.39, 0.29) is 11.9 Å². The van der Waals surface area contributed by atoms with Crippen LogP contribution < -0.4 is 10.6 Å². The molecule has 0 bridgehead atoms. The van der Waals surface area contributed by atoms with E-state index in [1.807, 2.05) is 20.8 Å². The maximum absolute atomic E-state index is 13.5. The summed E-state index contributed by atoms with van der Waals surface area (Å²) in [6.07, 6.45) is 10.0. The third-order valence-corrected chi connectivity index (χ3v) is 9.63. The van der Waals surface area contributed by atoms with Crippen LogP contribution in [-0.2, 0) is 16.1 Å². The SMILES string of the molecule is CC(C)(C)OC(=O)N1CSC[C@H]1C(=O)N[C@H](CCC1CCCCC1)C(=S)NC1CCN(Cc2ccccc2)CC1. The van der Waals surface area contributed by atoms with Crippen molar-refractivity contribution >= 4 is 41.0 Å². The van der Waals surface area contributed by atoms with Crippen molar-refractivity contribution < 1.29 is 14.3 Å². The number of nitrogens with one attached hydrogen (secondary N) is 2. The summed E-state index contributed by atoms with van der Waals surface area (Å²) >= 11 is 7.54. The molecule has 0 spiro atoms. The number of piperidine rings is 1. The summed E-state index contributed by atoms with van der Waals surface area (Å²) in [5.41, 5.74) is 0.746. The molecule has 222 valence electrons. The van der Waals surface area contributed by atoms with Crippen molar-refractivity contribution in [3.05, 3.63) is 35.9 Å². The molecule has 1 aromatic carbocycles. The highest BCUT2D eigenvalue weighted by Crippen LogP contribution is 2.28. The fraction of sp³-hybridized carbons (Fsp3) is 0.710. The van der Waals surface area contributed by atoms with E-state index >= 15 is 0 Å². The molecular formula is C31H48N4O3S2. The molecule has 2 atom stereocenters. The van der Waals surface area contributed by atoms with Crippen molar-refractivity contribution in [1.82, 2.24) is 20.4 Å². The first-order valence-electron chi connectivity index (χ1n) is 15.1. The van der Waals surface area contributed by atoms with E-state index in [0.717, 1.165) is 50.3 Å². The van der Waals surface area contributed by atoms with Gasteiger partial charge in [0.2, 0.25) is 5.91 Å². The Morgan fingerprint density at radius 3 is 2.45 bits per heavy atom. The average molecular weight is 589 g/mol. The van der Waals surface area contributed by atoms with Gasteiger partial charge in [0.1, 0.15) is 11.6 Å². The summed E-state index contributed by atoms with van der Waals surface area (Å²) in [6.45, 7) is 8.57. The molecule has 40 heavy (non-hydrogen) atoms. The van der Waals surface area contributed by atoms with Gasteiger partial charge in [-0.25, -0.2) is 4.79 Å². The molecule has 9 heteroatoms. The monoisotopic (exact) mass is 588 g/mol. The van der Waals surface area contributed by atoms with E-state index < -0.39 is 17.7 Å². The first-order chi connectivity index (χ1) is 19.2. The van der Waals surface area contributed by atoms with Crippen LogP contribution in [0.25, 0.3) is 0 Å². The smallest absolute Gasteiger partial charge is 0.411 e. The molecule has 2 heterocycles. The van der Waals surface area contributed by atoms with E-state index in [2.05, 4.69) is 45.9 Å². The largest absolute Gasteiger partial charge is 0.444 e. The van der Waals surface area contributed by atoms with E-state index in [9.17, 15) is 9.59 Å². The van der Waals surface area contributed by atoms with E-state index in [1.54, 1.807) is 16.7 Å². The van der Waals surface area contributed by atoms with Crippen LogP contribution in [0.5, 0.6) is 0 Å². The zero-order valence-electron chi connectivity index (χ0n) is 24.5. The third kappa shape index (κ3) is 9.62. The standard InChI is InChI=1S/C31H48N4O3S2/c1-31(2,3)38-30(37)35-22-40-21-27(35)28(36)33-26(15-14-23-10-6-4-7-11-23)29(39)32-25-16-18-34(19-17-25)20-24-12-8-5-9-13-24/h5,8-9,12-13,23,25-27H,4,6-7,10-11,14-22H2,1-3H3,(H,32,39)(H,33,36)/t26-,27+/m1/s1. The number of benzene rings is 1. The Hall–Kier alpha value is -1.84. The van der Waals surface area contributed by atoms with Crippen molar-refractivity contribution in [2.45, 2.75) is 109 Å². The number of likely N-dealkylation sites (tertiary alicyclic amines) is 1. The minimum atomic E-state index is -0.601. The van der Waals surface area contributed by atoms with E-state index in [4.69, 9.17) is 17.0 Å². The molecule has 2 N–H and O–H groups in total. The fourth-order valence-corrected chi connectivity index (χ4v) is 7.44. The van der Waals surface area contributed by atoms with Crippen LogP contribution in [0, 0.1) is 5.92 Å². The number of ether oxygens (including phenoxy) is 1. The second-order valence-electron chi connectivity index (χ2n) is 12.7. The lowest BCUT2D eigenvalue weighted by Crippen LogP contribution is -2.55. The molecule has 1 aliphatic carbocycles. The number of hydrogen-bond donors (Lipinski definition) is 2. The van der Waals surface area contributed by atoms with Crippen LogP contribution in [0.3, 0.4) is 0 Å². The van der Waals surface area contributed by atoms with Crippen molar-refractivity contribution in [2.75, 3.05) is 24.7 Å². The Balaban J connectivity index is 1.33. The van der Waals surface area contributed by atoms with Gasteiger partial charge in [0.15, 0.2) is 0 Å². The average Bonchev–Trinajstić information content (AvgIpc) is 3.43. The number of thioether (sulfide) groups is 1. The summed E-state index contributed by atoms with van der Waals surface area (Å²) < 4.78 is 5.58. The topological polar surface area (TPSA) is 73.9 Å². The number of nitrogens with zero attached hydrogens (tertiary/aromatic N) is 2. The van der Waals surface area contributed by atoms with Gasteiger partial charge in [-0.05, 0) is 57.9 Å². The lowest BCUT2D eigenvalue weighted by atomic mass is 9.85. The maximum atomic E-state index is 13.5. The minimum absolute atomic E-state index is 0.133. The van der Waals surface area contributed by atoms with Gasteiger partial charge in [0.25, 0.3) is 0 Å². The van der Waals surface area contributed by atoms with Crippen LogP contribution in [0.4, 0.5) is 4.79 Å². The Morgan fingerprint density at radius 2 is 1.77 bits per heavy atom. The predicted octanol–water partition coefficient (Wildman–Crippen LogP) is 5.72. The molecule has 0 radical (unpaired) electrons. The lowest BCUT2D eigenvalue weighted by molar-refractivity contribution is -0.125. The number of rotatable bonds is 9. The summed E-state index contributed by atoms with van der Waals surface area (Å²) in [4.78, 5) is 31.1. The summed E-state index contributed by atoms with van der Waals surface area (Å²) in [6, 6.07) is 10.2. The Morgan fingerprint density at radius 1 is 1.07 bits per heavy atom. The lowest BCUT2D eigenvalue weighted by Gasteiger charge is -2.35. The quantitative estimate of drug-likeness (QED) is 0.357. The molecule has 3 fully saturated rings. The van der Waals surface area contributed by atoms with Gasteiger partial charge in [0.05, 0.1) is 16.9 Å². The van der Waals surface area contributed by atoms with Gasteiger partial charge in [0, 0.05) is 31.4 Å². The highest BCUT2D eigenvalue weighted by atomic mass is 32.2. The number of carbonyl (C=O) groups is 2. The normalized spacial score (nSPS) is 22.1. The Kier molecular flexibility index (Phi) is 11.6. The van der Waals surface area contributed by atoms with E-state index in [1.165, 1.54) is 37.7 Å². The highest BCUT2D eigenvalue weighted by molar-refractivity contribution is 7.99.